The van der Waals surface area contributed by atoms with Gasteiger partial charge in [0.2, 0.25) is 0 Å². The van der Waals surface area contributed by atoms with Crippen molar-refractivity contribution in [1.82, 2.24) is 5.32 Å². The molecule has 0 aliphatic rings. The maximum absolute atomic E-state index is 8.17. The third-order valence-corrected chi connectivity index (χ3v) is 0.935. The molecule has 0 radical (unpaired) electrons. The molecule has 0 saturated carbocycles. The first kappa shape index (κ1) is 8.03. The highest BCUT2D eigenvalue weighted by Gasteiger charge is 1.82. The van der Waals surface area contributed by atoms with Gasteiger partial charge in [-0.05, 0) is 13.3 Å². The van der Waals surface area contributed by atoms with Crippen molar-refractivity contribution in [3.8, 4) is 6.07 Å². The number of allylic oxidation sites excluding steroid dienone is 2. The number of nitrogens with one attached hydrogen (secondary N) is 1. The fourth-order valence-corrected chi connectivity index (χ4v) is 0.470. The second kappa shape index (κ2) is 5.17. The molecule has 0 aromatic rings. The molecule has 0 atom stereocenters. The molecule has 2 nitrogen and oxygen atoms in total. The Hall–Kier alpha value is -0.970. The molecule has 0 aromatic carbocycles. The second-order valence-corrected chi connectivity index (χ2v) is 1.88. The summed E-state index contributed by atoms with van der Waals surface area (Å²) in [5, 5.41) is 11.2. The van der Waals surface area contributed by atoms with Gasteiger partial charge in [-0.1, -0.05) is 6.92 Å². The van der Waals surface area contributed by atoms with Gasteiger partial charge in [0, 0.05) is 18.3 Å². The van der Waals surface area contributed by atoms with E-state index in [0.717, 1.165) is 18.7 Å². The van der Waals surface area contributed by atoms with Crippen LogP contribution in [0, 0.1) is 11.3 Å². The molecule has 0 bridgehead atoms. The highest BCUT2D eigenvalue weighted by molar-refractivity contribution is 5.09. The van der Waals surface area contributed by atoms with Crippen LogP contribution in [-0.2, 0) is 0 Å². The van der Waals surface area contributed by atoms with Crippen LogP contribution in [0.5, 0.6) is 0 Å². The highest BCUT2D eigenvalue weighted by atomic mass is 14.9. The minimum atomic E-state index is 0.944. The first-order chi connectivity index (χ1) is 4.31. The average molecular weight is 124 g/mol. The van der Waals surface area contributed by atoms with E-state index in [1.807, 2.05) is 13.0 Å². The Morgan fingerprint density at radius 3 is 2.89 bits per heavy atom. The average Bonchev–Trinajstić information content (AvgIpc) is 1.85. The Labute approximate surface area is 56.2 Å². The Bertz CT molecular complexity index is 130. The Kier molecular flexibility index (Phi) is 4.61. The van der Waals surface area contributed by atoms with Crippen molar-refractivity contribution in [3.05, 3.63) is 11.8 Å². The molecule has 50 valence electrons. The fraction of sp³-hybridized carbons (Fsp3) is 0.571. The van der Waals surface area contributed by atoms with Gasteiger partial charge in [-0.15, -0.1) is 0 Å². The van der Waals surface area contributed by atoms with Gasteiger partial charge in [0.15, 0.2) is 0 Å². The lowest BCUT2D eigenvalue weighted by molar-refractivity contribution is 0.770. The summed E-state index contributed by atoms with van der Waals surface area (Å²) in [5.74, 6) is 0. The molecular weight excluding hydrogens is 112 g/mol. The number of hydrogen-bond acceptors (Lipinski definition) is 2. The van der Waals surface area contributed by atoms with Crippen LogP contribution in [0.15, 0.2) is 11.8 Å². The lowest BCUT2D eigenvalue weighted by atomic mass is 10.4. The van der Waals surface area contributed by atoms with E-state index in [0.29, 0.717) is 0 Å². The third kappa shape index (κ3) is 4.89. The number of nitrogens with zero attached hydrogens (tertiary/aromatic N) is 1. The molecule has 0 spiro atoms. The quantitative estimate of drug-likeness (QED) is 0.577. The zero-order chi connectivity index (χ0) is 7.11. The van der Waals surface area contributed by atoms with E-state index in [9.17, 15) is 0 Å². The molecule has 0 amide bonds. The Morgan fingerprint density at radius 2 is 2.44 bits per heavy atom. The van der Waals surface area contributed by atoms with E-state index in [1.165, 1.54) is 6.08 Å². The van der Waals surface area contributed by atoms with Crippen molar-refractivity contribution in [1.29, 1.82) is 5.26 Å². The predicted octanol–water partition coefficient (Wildman–Crippen LogP) is 1.41. The van der Waals surface area contributed by atoms with Gasteiger partial charge in [-0.2, -0.15) is 5.26 Å². The third-order valence-electron chi connectivity index (χ3n) is 0.935. The highest BCUT2D eigenvalue weighted by Crippen LogP contribution is 1.83. The summed E-state index contributed by atoms with van der Waals surface area (Å²) in [6, 6.07) is 1.95. The van der Waals surface area contributed by atoms with E-state index in [-0.39, 0.29) is 0 Å². The predicted molar refractivity (Wildman–Crippen MR) is 37.7 cm³/mol. The first-order valence-corrected chi connectivity index (χ1v) is 3.11. The number of nitriles is 1. The molecular formula is C7H12N2. The van der Waals surface area contributed by atoms with E-state index in [2.05, 4.69) is 12.2 Å². The van der Waals surface area contributed by atoms with Gasteiger partial charge in [-0.25, -0.2) is 0 Å². The maximum atomic E-state index is 8.17. The summed E-state index contributed by atoms with van der Waals surface area (Å²) < 4.78 is 0. The molecule has 9 heavy (non-hydrogen) atoms. The number of rotatable bonds is 3. The summed E-state index contributed by atoms with van der Waals surface area (Å²) in [6.07, 6.45) is 2.60. The largest absolute Gasteiger partial charge is 0.388 e. The molecule has 0 fully saturated rings. The summed E-state index contributed by atoms with van der Waals surface area (Å²) in [6.45, 7) is 4.93. The molecule has 2 heteroatoms. The standard InChI is InChI=1S/C7H12N2/c1-3-6-9-7(2)4-5-8/h4,9H,3,6H2,1-2H3/b7-4+. The van der Waals surface area contributed by atoms with Crippen molar-refractivity contribution in [2.75, 3.05) is 6.54 Å². The zero-order valence-corrected chi connectivity index (χ0v) is 5.94. The lowest BCUT2D eigenvalue weighted by Gasteiger charge is -2.00. The molecule has 0 saturated heterocycles. The normalized spacial score (nSPS) is 10.6. The molecule has 0 aliphatic carbocycles. The Balaban J connectivity index is 3.40. The zero-order valence-electron chi connectivity index (χ0n) is 5.94. The van der Waals surface area contributed by atoms with Gasteiger partial charge in [0.1, 0.15) is 0 Å². The lowest BCUT2D eigenvalue weighted by Crippen LogP contribution is -2.10. The molecule has 0 heterocycles. The monoisotopic (exact) mass is 124 g/mol. The van der Waals surface area contributed by atoms with Crippen molar-refractivity contribution < 1.29 is 0 Å². The second-order valence-electron chi connectivity index (χ2n) is 1.88. The van der Waals surface area contributed by atoms with Crippen molar-refractivity contribution in [2.45, 2.75) is 20.3 Å². The van der Waals surface area contributed by atoms with Gasteiger partial charge in [0.05, 0.1) is 6.07 Å². The molecule has 1 N–H and O–H groups in total. The Morgan fingerprint density at radius 1 is 1.78 bits per heavy atom. The van der Waals surface area contributed by atoms with E-state index >= 15 is 0 Å². The van der Waals surface area contributed by atoms with Crippen LogP contribution in [0.1, 0.15) is 20.3 Å². The van der Waals surface area contributed by atoms with Crippen LogP contribution < -0.4 is 5.32 Å². The SMILES string of the molecule is CCCN/C(C)=C/C#N. The topological polar surface area (TPSA) is 35.8 Å². The van der Waals surface area contributed by atoms with Crippen molar-refractivity contribution in [2.24, 2.45) is 0 Å². The fourth-order valence-electron chi connectivity index (χ4n) is 0.470. The van der Waals surface area contributed by atoms with Gasteiger partial charge in [-0.3, -0.25) is 0 Å². The summed E-state index contributed by atoms with van der Waals surface area (Å²) in [5.41, 5.74) is 0.944. The van der Waals surface area contributed by atoms with Crippen LogP contribution in [-0.4, -0.2) is 6.54 Å². The van der Waals surface area contributed by atoms with Crippen LogP contribution >= 0.6 is 0 Å². The van der Waals surface area contributed by atoms with E-state index in [1.54, 1.807) is 0 Å². The van der Waals surface area contributed by atoms with Crippen molar-refractivity contribution in [3.63, 3.8) is 0 Å². The van der Waals surface area contributed by atoms with Crippen molar-refractivity contribution >= 4 is 0 Å². The minimum absolute atomic E-state index is 0.944. The molecule has 0 aromatic heterocycles. The molecule has 0 unspecified atom stereocenters. The van der Waals surface area contributed by atoms with E-state index in [4.69, 9.17) is 5.26 Å². The smallest absolute Gasteiger partial charge is 0.0930 e. The van der Waals surface area contributed by atoms with E-state index < -0.39 is 0 Å². The number of hydrogen-bond donors (Lipinski definition) is 1. The van der Waals surface area contributed by atoms with Gasteiger partial charge < -0.3 is 5.32 Å². The summed E-state index contributed by atoms with van der Waals surface area (Å²) >= 11 is 0. The van der Waals surface area contributed by atoms with Gasteiger partial charge >= 0.3 is 0 Å². The summed E-state index contributed by atoms with van der Waals surface area (Å²) in [7, 11) is 0. The molecule has 0 rings (SSSR count). The van der Waals surface area contributed by atoms with Gasteiger partial charge in [0.25, 0.3) is 0 Å². The van der Waals surface area contributed by atoms with Crippen LogP contribution in [0.4, 0.5) is 0 Å². The molecule has 0 aliphatic heterocycles. The summed E-state index contributed by atoms with van der Waals surface area (Å²) in [4.78, 5) is 0. The first-order valence-electron chi connectivity index (χ1n) is 3.11. The van der Waals surface area contributed by atoms with Crippen LogP contribution in [0.25, 0.3) is 0 Å². The van der Waals surface area contributed by atoms with Crippen LogP contribution in [0.2, 0.25) is 0 Å². The van der Waals surface area contributed by atoms with Crippen LogP contribution in [0.3, 0.4) is 0 Å². The minimum Gasteiger partial charge on any atom is -0.388 e. The maximum Gasteiger partial charge on any atom is 0.0930 e.